The summed E-state index contributed by atoms with van der Waals surface area (Å²) in [5.74, 6) is 0. The Labute approximate surface area is 88.0 Å². The predicted octanol–water partition coefficient (Wildman–Crippen LogP) is 0.937. The summed E-state index contributed by atoms with van der Waals surface area (Å²) in [6.07, 6.45) is -0.468. The second kappa shape index (κ2) is 5.83. The molecule has 1 saturated heterocycles. The molecule has 0 aliphatic carbocycles. The van der Waals surface area contributed by atoms with E-state index in [1.54, 1.807) is 0 Å². The van der Waals surface area contributed by atoms with E-state index in [1.807, 2.05) is 0 Å². The first-order valence-corrected chi connectivity index (χ1v) is 7.98. The Morgan fingerprint density at radius 2 is 2.15 bits per heavy atom. The molecule has 2 unspecified atom stereocenters. The van der Waals surface area contributed by atoms with Crippen LogP contribution in [0.25, 0.3) is 0 Å². The molecule has 0 amide bonds. The molecule has 4 nitrogen and oxygen atoms in total. The predicted molar refractivity (Wildman–Crippen MR) is 53.9 cm³/mol. The Morgan fingerprint density at radius 3 is 2.62 bits per heavy atom. The third-order valence-corrected chi connectivity index (χ3v) is 7.08. The van der Waals surface area contributed by atoms with Crippen LogP contribution in [0.15, 0.2) is 0 Å². The number of aliphatic hydroxyl groups is 1. The zero-order valence-electron chi connectivity index (χ0n) is 6.57. The van der Waals surface area contributed by atoms with E-state index in [9.17, 15) is 14.2 Å². The summed E-state index contributed by atoms with van der Waals surface area (Å²) >= 11 is 0.00447. The van der Waals surface area contributed by atoms with Gasteiger partial charge in [-0.2, -0.15) is 0 Å². The standard InChI is InChI=1S/C5H9O4P3Se/c6-5-3(9-10)4(12-8)2(11-7)1-13-5/h2-6H,1,10H2/t2-,3?,4+,5-/m1/s1. The molecular weight excluding hydrogens is 296 g/mol. The van der Waals surface area contributed by atoms with Crippen molar-refractivity contribution in [1.82, 2.24) is 0 Å². The second-order valence-electron chi connectivity index (χ2n) is 2.59. The van der Waals surface area contributed by atoms with Gasteiger partial charge in [-0.15, -0.1) is 0 Å². The maximum atomic E-state index is 10.8. The second-order valence-corrected chi connectivity index (χ2v) is 6.96. The van der Waals surface area contributed by atoms with Gasteiger partial charge in [-0.25, -0.2) is 0 Å². The van der Waals surface area contributed by atoms with Gasteiger partial charge >= 0.3 is 87.8 Å². The topological polar surface area (TPSA) is 63.6 Å². The molecule has 1 rings (SSSR count). The number of rotatable bonds is 3. The van der Waals surface area contributed by atoms with Gasteiger partial charge < -0.3 is 0 Å². The molecule has 1 aliphatic heterocycles. The van der Waals surface area contributed by atoms with Crippen LogP contribution in [0.4, 0.5) is 0 Å². The van der Waals surface area contributed by atoms with Gasteiger partial charge in [0.1, 0.15) is 0 Å². The molecule has 0 saturated carbocycles. The molecule has 1 heterocycles. The molecule has 1 fully saturated rings. The van der Waals surface area contributed by atoms with Crippen LogP contribution < -0.4 is 0 Å². The van der Waals surface area contributed by atoms with Crippen molar-refractivity contribution in [3.8, 4) is 0 Å². The fourth-order valence-electron chi connectivity index (χ4n) is 1.15. The van der Waals surface area contributed by atoms with E-state index >= 15 is 0 Å². The van der Waals surface area contributed by atoms with Gasteiger partial charge in [0.05, 0.1) is 0 Å². The van der Waals surface area contributed by atoms with E-state index in [1.165, 1.54) is 0 Å². The van der Waals surface area contributed by atoms with Gasteiger partial charge in [0.15, 0.2) is 0 Å². The molecule has 0 bridgehead atoms. The average molecular weight is 305 g/mol. The molecule has 0 aromatic heterocycles. The van der Waals surface area contributed by atoms with Crippen molar-refractivity contribution in [2.45, 2.75) is 27.7 Å². The van der Waals surface area contributed by atoms with Crippen LogP contribution in [0.2, 0.25) is 5.32 Å². The Bertz CT molecular complexity index is 204. The third kappa shape index (κ3) is 2.76. The van der Waals surface area contributed by atoms with Crippen molar-refractivity contribution in [3.63, 3.8) is 0 Å². The maximum absolute atomic E-state index is 10.8. The fraction of sp³-hybridized carbons (Fsp3) is 1.00. The van der Waals surface area contributed by atoms with Crippen molar-refractivity contribution in [2.75, 3.05) is 0 Å². The van der Waals surface area contributed by atoms with Gasteiger partial charge in [0.2, 0.25) is 0 Å². The first-order chi connectivity index (χ1) is 6.24. The number of hydrogen-bond donors (Lipinski definition) is 1. The van der Waals surface area contributed by atoms with Gasteiger partial charge in [-0.1, -0.05) is 0 Å². The van der Waals surface area contributed by atoms with E-state index in [0.29, 0.717) is 5.32 Å². The third-order valence-electron chi connectivity index (χ3n) is 1.86. The minimum absolute atomic E-state index is 0.00447. The summed E-state index contributed by atoms with van der Waals surface area (Å²) in [6.45, 7) is 0. The van der Waals surface area contributed by atoms with Gasteiger partial charge in [-0.05, 0) is 0 Å². The zero-order chi connectivity index (χ0) is 9.84. The van der Waals surface area contributed by atoms with Crippen molar-refractivity contribution >= 4 is 41.3 Å². The van der Waals surface area contributed by atoms with Crippen LogP contribution in [0.3, 0.4) is 0 Å². The normalized spacial score (nSPS) is 41.1. The summed E-state index contributed by atoms with van der Waals surface area (Å²) in [4.78, 5) is 0. The van der Waals surface area contributed by atoms with Crippen molar-refractivity contribution in [3.05, 3.63) is 0 Å². The molecule has 74 valence electrons. The van der Waals surface area contributed by atoms with Crippen LogP contribution in [0.1, 0.15) is 0 Å². The van der Waals surface area contributed by atoms with Crippen molar-refractivity contribution < 1.29 is 18.8 Å². The zero-order valence-corrected chi connectivity index (χ0v) is 11.2. The first kappa shape index (κ1) is 12.1. The van der Waals surface area contributed by atoms with Crippen LogP contribution in [-0.2, 0) is 13.7 Å². The molecule has 0 spiro atoms. The number of aliphatic hydroxyl groups excluding tert-OH is 1. The van der Waals surface area contributed by atoms with Gasteiger partial charge in [0.25, 0.3) is 0 Å². The molecule has 13 heavy (non-hydrogen) atoms. The summed E-state index contributed by atoms with van der Waals surface area (Å²) < 4.78 is 26.5. The summed E-state index contributed by atoms with van der Waals surface area (Å²) in [5.41, 5.74) is -0.504. The van der Waals surface area contributed by atoms with Crippen molar-refractivity contribution in [1.29, 1.82) is 0 Å². The minimum atomic E-state index is -0.547. The van der Waals surface area contributed by atoms with E-state index < -0.39 is 11.1 Å². The summed E-state index contributed by atoms with van der Waals surface area (Å²) in [5, 5.41) is 9.66. The van der Waals surface area contributed by atoms with E-state index in [2.05, 4.69) is 9.47 Å². The molecule has 0 aromatic rings. The molecular formula is C5H9O4P3Se. The SMILES string of the molecule is O=P[C@@H]1C(OP)[C@H](O)[Se]C[C@H]1P=O. The van der Waals surface area contributed by atoms with Gasteiger partial charge in [0, 0.05) is 0 Å². The average Bonchev–Trinajstić information content (AvgIpc) is 2.17. The van der Waals surface area contributed by atoms with Crippen LogP contribution >= 0.6 is 26.4 Å². The van der Waals surface area contributed by atoms with E-state index in [4.69, 9.17) is 4.52 Å². The molecule has 0 aromatic carbocycles. The van der Waals surface area contributed by atoms with Crippen LogP contribution in [-0.4, -0.2) is 42.5 Å². The Kier molecular flexibility index (Phi) is 5.45. The fourth-order valence-corrected chi connectivity index (χ4v) is 6.70. The molecule has 5 atom stereocenters. The van der Waals surface area contributed by atoms with E-state index in [-0.39, 0.29) is 43.2 Å². The van der Waals surface area contributed by atoms with Crippen molar-refractivity contribution in [2.24, 2.45) is 0 Å². The van der Waals surface area contributed by atoms with Crippen LogP contribution in [0.5, 0.6) is 0 Å². The van der Waals surface area contributed by atoms with Gasteiger partial charge in [-0.3, -0.25) is 0 Å². The Morgan fingerprint density at radius 1 is 1.46 bits per heavy atom. The Hall–Kier alpha value is 1.07. The van der Waals surface area contributed by atoms with E-state index in [0.717, 1.165) is 0 Å². The quantitative estimate of drug-likeness (QED) is 0.622. The molecule has 1 aliphatic rings. The Balaban J connectivity index is 2.75. The summed E-state index contributed by atoms with van der Waals surface area (Å²) in [7, 11) is 1.95. The molecule has 1 N–H and O–H groups in total. The number of hydrogen-bond acceptors (Lipinski definition) is 4. The molecule has 0 radical (unpaired) electrons. The summed E-state index contributed by atoms with van der Waals surface area (Å²) in [6, 6.07) is 0. The first-order valence-electron chi connectivity index (χ1n) is 3.54. The van der Waals surface area contributed by atoms with Crippen LogP contribution in [0, 0.1) is 0 Å². The monoisotopic (exact) mass is 306 g/mol. The molecule has 8 heteroatoms.